The Hall–Kier alpha value is -2.61. The lowest BCUT2D eigenvalue weighted by molar-refractivity contribution is -0.134. The fourth-order valence-electron chi connectivity index (χ4n) is 3.73. The highest BCUT2D eigenvalue weighted by Crippen LogP contribution is 2.43. The van der Waals surface area contributed by atoms with E-state index in [4.69, 9.17) is 4.74 Å². The van der Waals surface area contributed by atoms with Crippen LogP contribution >= 0.6 is 0 Å². The Balaban J connectivity index is 2.29. The van der Waals surface area contributed by atoms with E-state index in [1.807, 2.05) is 12.2 Å². The van der Waals surface area contributed by atoms with E-state index in [0.717, 1.165) is 19.3 Å². The normalized spacial score (nSPS) is 15.2. The summed E-state index contributed by atoms with van der Waals surface area (Å²) < 4.78 is 4.82. The van der Waals surface area contributed by atoms with Crippen molar-refractivity contribution in [1.82, 2.24) is 0 Å². The highest BCUT2D eigenvalue weighted by Gasteiger charge is 2.36. The maximum absolute atomic E-state index is 11.8. The molecule has 2 heteroatoms. The van der Waals surface area contributed by atoms with Crippen molar-refractivity contribution in [1.29, 1.82) is 0 Å². The molecule has 0 aliphatic heterocycles. The van der Waals surface area contributed by atoms with E-state index in [2.05, 4.69) is 55.1 Å². The van der Waals surface area contributed by atoms with E-state index in [9.17, 15) is 4.79 Å². The molecule has 122 valence electrons. The number of hydrogen-bond acceptors (Lipinski definition) is 2. The van der Waals surface area contributed by atoms with Crippen molar-refractivity contribution in [3.8, 4) is 0 Å². The number of fused-ring (bicyclic) bond motifs is 2. The first kappa shape index (κ1) is 16.3. The summed E-state index contributed by atoms with van der Waals surface area (Å²) in [7, 11) is 1.40. The molecular weight excluding hydrogens is 296 g/mol. The van der Waals surface area contributed by atoms with E-state index < -0.39 is 0 Å². The first-order chi connectivity index (χ1) is 11.7. The van der Waals surface area contributed by atoms with E-state index in [-0.39, 0.29) is 11.4 Å². The first-order valence-corrected chi connectivity index (χ1v) is 8.26. The number of aryl methyl sites for hydroxylation is 2. The van der Waals surface area contributed by atoms with Gasteiger partial charge in [-0.05, 0) is 41.5 Å². The molecule has 0 spiro atoms. The molecule has 24 heavy (non-hydrogen) atoms. The monoisotopic (exact) mass is 318 g/mol. The number of allylic oxidation sites excluding steroid dienone is 2. The van der Waals surface area contributed by atoms with Crippen LogP contribution in [0.25, 0.3) is 0 Å². The highest BCUT2D eigenvalue weighted by molar-refractivity contribution is 5.82. The van der Waals surface area contributed by atoms with Gasteiger partial charge in [-0.3, -0.25) is 0 Å². The maximum atomic E-state index is 11.8. The number of methoxy groups -OCH3 is 1. The van der Waals surface area contributed by atoms with Gasteiger partial charge < -0.3 is 4.74 Å². The lowest BCUT2D eigenvalue weighted by atomic mass is 9.70. The molecular formula is C22H22O2. The van der Waals surface area contributed by atoms with Gasteiger partial charge in [0.05, 0.1) is 7.11 Å². The summed E-state index contributed by atoms with van der Waals surface area (Å²) in [5.41, 5.74) is 4.75. The van der Waals surface area contributed by atoms with Crippen LogP contribution < -0.4 is 0 Å². The van der Waals surface area contributed by atoms with E-state index >= 15 is 0 Å². The van der Waals surface area contributed by atoms with Crippen molar-refractivity contribution in [2.75, 3.05) is 7.11 Å². The van der Waals surface area contributed by atoms with Crippen LogP contribution in [0.15, 0.2) is 73.3 Å². The number of ether oxygens (including phenoxy) is 1. The molecule has 0 saturated carbocycles. The summed E-state index contributed by atoms with van der Waals surface area (Å²) in [6.45, 7) is 3.97. The first-order valence-electron chi connectivity index (χ1n) is 8.26. The Morgan fingerprint density at radius 3 is 2.12 bits per heavy atom. The van der Waals surface area contributed by atoms with Gasteiger partial charge in [-0.25, -0.2) is 4.79 Å². The molecule has 0 aromatic heterocycles. The van der Waals surface area contributed by atoms with E-state index in [0.29, 0.717) is 0 Å². The molecule has 0 radical (unpaired) electrons. The van der Waals surface area contributed by atoms with Gasteiger partial charge in [0.1, 0.15) is 0 Å². The second kappa shape index (κ2) is 6.88. The van der Waals surface area contributed by atoms with Gasteiger partial charge in [0.15, 0.2) is 0 Å². The average Bonchev–Trinajstić information content (AvgIpc) is 2.76. The molecule has 2 nitrogen and oxygen atoms in total. The van der Waals surface area contributed by atoms with Gasteiger partial charge in [0, 0.05) is 11.5 Å². The van der Waals surface area contributed by atoms with Crippen LogP contribution in [0.1, 0.15) is 28.7 Å². The van der Waals surface area contributed by atoms with Crippen molar-refractivity contribution >= 4 is 5.97 Å². The Kier molecular flexibility index (Phi) is 4.66. The summed E-state index contributed by atoms with van der Waals surface area (Å²) in [6, 6.07) is 17.0. The van der Waals surface area contributed by atoms with Crippen LogP contribution in [0.3, 0.4) is 0 Å². The molecule has 1 aliphatic carbocycles. The number of rotatable bonds is 4. The number of carbonyl (C=O) groups excluding carboxylic acids is 1. The van der Waals surface area contributed by atoms with Crippen LogP contribution in [0, 0.1) is 0 Å². The number of hydrogen-bond donors (Lipinski definition) is 0. The molecule has 2 aromatic carbocycles. The number of benzene rings is 2. The van der Waals surface area contributed by atoms with Crippen molar-refractivity contribution in [3.63, 3.8) is 0 Å². The molecule has 2 aromatic rings. The largest absolute Gasteiger partial charge is 0.466 e. The SMILES string of the molecule is C=CCC1(C=CC(=O)OC)c2ccccc2CCc2ccccc21. The predicted molar refractivity (Wildman–Crippen MR) is 97.0 cm³/mol. The van der Waals surface area contributed by atoms with Crippen LogP contribution in [-0.4, -0.2) is 13.1 Å². The van der Waals surface area contributed by atoms with Crippen LogP contribution in [-0.2, 0) is 27.8 Å². The number of esters is 1. The van der Waals surface area contributed by atoms with Gasteiger partial charge in [-0.2, -0.15) is 0 Å². The molecule has 1 aliphatic rings. The summed E-state index contributed by atoms with van der Waals surface area (Å²) in [5.74, 6) is -0.336. The van der Waals surface area contributed by atoms with E-state index in [1.54, 1.807) is 6.08 Å². The minimum absolute atomic E-state index is 0.336. The zero-order chi connectivity index (χ0) is 17.0. The summed E-state index contributed by atoms with van der Waals surface area (Å²) in [6.07, 6.45) is 8.19. The molecule has 0 amide bonds. The van der Waals surface area contributed by atoms with E-state index in [1.165, 1.54) is 29.4 Å². The van der Waals surface area contributed by atoms with Crippen molar-refractivity contribution in [3.05, 3.63) is 95.6 Å². The minimum Gasteiger partial charge on any atom is -0.466 e. The fourth-order valence-corrected chi connectivity index (χ4v) is 3.73. The smallest absolute Gasteiger partial charge is 0.330 e. The third-order valence-electron chi connectivity index (χ3n) is 4.83. The fraction of sp³-hybridized carbons (Fsp3) is 0.227. The number of carbonyl (C=O) groups is 1. The second-order valence-electron chi connectivity index (χ2n) is 6.13. The summed E-state index contributed by atoms with van der Waals surface area (Å²) in [4.78, 5) is 11.8. The predicted octanol–water partition coefficient (Wildman–Crippen LogP) is 4.38. The Morgan fingerprint density at radius 2 is 1.62 bits per heavy atom. The molecule has 0 atom stereocenters. The molecule has 0 heterocycles. The molecule has 0 unspecified atom stereocenters. The van der Waals surface area contributed by atoms with Crippen molar-refractivity contribution < 1.29 is 9.53 Å². The topological polar surface area (TPSA) is 26.3 Å². The standard InChI is InChI=1S/C22H22O2/c1-3-15-22(16-14-21(23)24-2)19-10-6-4-8-17(19)12-13-18-9-5-7-11-20(18)22/h3-11,14,16H,1,12-13,15H2,2H3. The Labute approximate surface area is 143 Å². The lowest BCUT2D eigenvalue weighted by Gasteiger charge is -2.33. The highest BCUT2D eigenvalue weighted by atomic mass is 16.5. The molecule has 3 rings (SSSR count). The van der Waals surface area contributed by atoms with Gasteiger partial charge >= 0.3 is 5.97 Å². The minimum atomic E-state index is -0.389. The summed E-state index contributed by atoms with van der Waals surface area (Å²) >= 11 is 0. The van der Waals surface area contributed by atoms with Crippen molar-refractivity contribution in [2.24, 2.45) is 0 Å². The zero-order valence-corrected chi connectivity index (χ0v) is 14.0. The van der Waals surface area contributed by atoms with Gasteiger partial charge in [-0.1, -0.05) is 60.7 Å². The molecule has 0 N–H and O–H groups in total. The van der Waals surface area contributed by atoms with Crippen LogP contribution in [0.5, 0.6) is 0 Å². The molecule has 0 bridgehead atoms. The average molecular weight is 318 g/mol. The van der Waals surface area contributed by atoms with Crippen LogP contribution in [0.4, 0.5) is 0 Å². The van der Waals surface area contributed by atoms with Gasteiger partial charge in [0.25, 0.3) is 0 Å². The zero-order valence-electron chi connectivity index (χ0n) is 14.0. The third kappa shape index (κ3) is 2.80. The van der Waals surface area contributed by atoms with Gasteiger partial charge in [-0.15, -0.1) is 6.58 Å². The molecule has 0 saturated heterocycles. The Morgan fingerprint density at radius 1 is 1.08 bits per heavy atom. The lowest BCUT2D eigenvalue weighted by Crippen LogP contribution is -2.26. The van der Waals surface area contributed by atoms with Gasteiger partial charge in [0.2, 0.25) is 0 Å². The maximum Gasteiger partial charge on any atom is 0.330 e. The quantitative estimate of drug-likeness (QED) is 0.475. The van der Waals surface area contributed by atoms with Crippen LogP contribution in [0.2, 0.25) is 0 Å². The summed E-state index contributed by atoms with van der Waals surface area (Å²) in [5, 5.41) is 0. The van der Waals surface area contributed by atoms with Crippen molar-refractivity contribution in [2.45, 2.75) is 24.7 Å². The third-order valence-corrected chi connectivity index (χ3v) is 4.83. The molecule has 0 fully saturated rings. The Bertz CT molecular complexity index is 739. The second-order valence-corrected chi connectivity index (χ2v) is 6.13.